The van der Waals surface area contributed by atoms with Crippen LogP contribution in [0.1, 0.15) is 27.7 Å². The van der Waals surface area contributed by atoms with E-state index in [1.54, 1.807) is 27.7 Å². The number of carbonyl (C=O) groups excluding carboxylic acids is 1. The van der Waals surface area contributed by atoms with Crippen LogP contribution in [0.15, 0.2) is 0 Å². The number of hydrogen-bond acceptors (Lipinski definition) is 4. The van der Waals surface area contributed by atoms with Crippen LogP contribution >= 0.6 is 0 Å². The molecule has 1 amide bonds. The van der Waals surface area contributed by atoms with Crippen molar-refractivity contribution in [1.29, 1.82) is 0 Å². The zero-order valence-corrected chi connectivity index (χ0v) is 11.0. The average molecular weight is 249 g/mol. The van der Waals surface area contributed by atoms with Crippen LogP contribution in [0.2, 0.25) is 0 Å². The van der Waals surface area contributed by atoms with E-state index >= 15 is 0 Å². The summed E-state index contributed by atoms with van der Waals surface area (Å²) >= 11 is 0. The summed E-state index contributed by atoms with van der Waals surface area (Å²) in [7, 11) is -2.99. The summed E-state index contributed by atoms with van der Waals surface area (Å²) in [5.41, 5.74) is -0.548. The van der Waals surface area contributed by atoms with Gasteiger partial charge in [0.05, 0.1) is 11.5 Å². The molecule has 0 spiro atoms. The van der Waals surface area contributed by atoms with Gasteiger partial charge in [-0.25, -0.2) is 13.2 Å². The molecule has 0 aromatic rings. The molecule has 0 aliphatic carbocycles. The molecule has 1 aliphatic rings. The molecular formula is C10H19NO4S. The van der Waals surface area contributed by atoms with E-state index in [0.717, 1.165) is 0 Å². The van der Waals surface area contributed by atoms with Crippen LogP contribution < -0.4 is 0 Å². The minimum Gasteiger partial charge on any atom is -0.444 e. The molecule has 1 saturated heterocycles. The lowest BCUT2D eigenvalue weighted by atomic mass is 10.2. The molecule has 16 heavy (non-hydrogen) atoms. The number of nitrogens with zero attached hydrogens (tertiary/aromatic N) is 1. The summed E-state index contributed by atoms with van der Waals surface area (Å²) in [4.78, 5) is 13.2. The van der Waals surface area contributed by atoms with Crippen molar-refractivity contribution in [1.82, 2.24) is 4.90 Å². The highest BCUT2D eigenvalue weighted by Crippen LogP contribution is 2.16. The number of carbonyl (C=O) groups is 1. The molecule has 94 valence electrons. The van der Waals surface area contributed by atoms with Gasteiger partial charge in [-0.15, -0.1) is 0 Å². The Hall–Kier alpha value is -0.780. The minimum absolute atomic E-state index is 0.0201. The molecule has 0 N–H and O–H groups in total. The van der Waals surface area contributed by atoms with Crippen molar-refractivity contribution in [3.05, 3.63) is 0 Å². The van der Waals surface area contributed by atoms with Crippen LogP contribution in [0.3, 0.4) is 0 Å². The molecule has 0 bridgehead atoms. The molecule has 1 rings (SSSR count). The summed E-state index contributed by atoms with van der Waals surface area (Å²) in [5.74, 6) is 0.0445. The number of hydrogen-bond donors (Lipinski definition) is 0. The summed E-state index contributed by atoms with van der Waals surface area (Å²) in [6.45, 7) is 7.31. The zero-order chi connectivity index (χ0) is 12.6. The van der Waals surface area contributed by atoms with Gasteiger partial charge >= 0.3 is 6.09 Å². The predicted octanol–water partition coefficient (Wildman–Crippen LogP) is 1.04. The molecule has 0 aromatic heterocycles. The fourth-order valence-corrected chi connectivity index (χ4v) is 3.15. The van der Waals surface area contributed by atoms with Gasteiger partial charge in [-0.1, -0.05) is 0 Å². The second-order valence-corrected chi connectivity index (χ2v) is 7.37. The SMILES string of the molecule is C[C@H]1CS(=O)(=O)CCN1C(=O)OC(C)(C)C. The first-order valence-electron chi connectivity index (χ1n) is 5.31. The molecule has 5 nitrogen and oxygen atoms in total. The van der Waals surface area contributed by atoms with Crippen molar-refractivity contribution in [3.63, 3.8) is 0 Å². The molecule has 1 aliphatic heterocycles. The first-order valence-corrected chi connectivity index (χ1v) is 7.13. The fourth-order valence-electron chi connectivity index (χ4n) is 1.59. The van der Waals surface area contributed by atoms with Gasteiger partial charge in [-0.3, -0.25) is 0 Å². The smallest absolute Gasteiger partial charge is 0.410 e. The third-order valence-electron chi connectivity index (χ3n) is 2.30. The van der Waals surface area contributed by atoms with Crippen molar-refractivity contribution < 1.29 is 17.9 Å². The van der Waals surface area contributed by atoms with Crippen LogP contribution in [0.25, 0.3) is 0 Å². The fraction of sp³-hybridized carbons (Fsp3) is 0.900. The minimum atomic E-state index is -2.99. The zero-order valence-electron chi connectivity index (χ0n) is 10.2. The molecule has 1 fully saturated rings. The van der Waals surface area contributed by atoms with Gasteiger partial charge in [-0.05, 0) is 27.7 Å². The molecule has 6 heteroatoms. The lowest BCUT2D eigenvalue weighted by molar-refractivity contribution is 0.0199. The van der Waals surface area contributed by atoms with Crippen LogP contribution in [-0.4, -0.2) is 49.1 Å². The van der Waals surface area contributed by atoms with Crippen molar-refractivity contribution >= 4 is 15.9 Å². The van der Waals surface area contributed by atoms with E-state index in [1.165, 1.54) is 4.90 Å². The van der Waals surface area contributed by atoms with Gasteiger partial charge in [0.25, 0.3) is 0 Å². The topological polar surface area (TPSA) is 63.7 Å². The van der Waals surface area contributed by atoms with Gasteiger partial charge in [0.15, 0.2) is 9.84 Å². The highest BCUT2D eigenvalue weighted by molar-refractivity contribution is 7.91. The largest absolute Gasteiger partial charge is 0.444 e. The molecule has 0 unspecified atom stereocenters. The lowest BCUT2D eigenvalue weighted by Crippen LogP contribution is -2.51. The predicted molar refractivity (Wildman–Crippen MR) is 61.1 cm³/mol. The molecule has 0 aromatic carbocycles. The van der Waals surface area contributed by atoms with Crippen LogP contribution in [0.4, 0.5) is 4.79 Å². The van der Waals surface area contributed by atoms with Crippen LogP contribution in [-0.2, 0) is 14.6 Å². The first kappa shape index (κ1) is 13.3. The van der Waals surface area contributed by atoms with E-state index in [1.807, 2.05) is 0 Å². The second-order valence-electron chi connectivity index (χ2n) is 5.14. The summed E-state index contributed by atoms with van der Waals surface area (Å²) in [5, 5.41) is 0. The molecule has 0 radical (unpaired) electrons. The summed E-state index contributed by atoms with van der Waals surface area (Å²) in [6.07, 6.45) is -0.435. The maximum Gasteiger partial charge on any atom is 0.410 e. The van der Waals surface area contributed by atoms with Crippen molar-refractivity contribution in [2.75, 3.05) is 18.1 Å². The maximum absolute atomic E-state index is 11.7. The van der Waals surface area contributed by atoms with Gasteiger partial charge in [0.2, 0.25) is 0 Å². The van der Waals surface area contributed by atoms with E-state index in [2.05, 4.69) is 0 Å². The first-order chi connectivity index (χ1) is 7.11. The number of sulfone groups is 1. The maximum atomic E-state index is 11.7. The Morgan fingerprint density at radius 2 is 1.94 bits per heavy atom. The Kier molecular flexibility index (Phi) is 3.52. The quantitative estimate of drug-likeness (QED) is 0.643. The molecule has 0 saturated carbocycles. The second kappa shape index (κ2) is 4.24. The van der Waals surface area contributed by atoms with Gasteiger partial charge in [0.1, 0.15) is 5.60 Å². The summed E-state index contributed by atoms with van der Waals surface area (Å²) < 4.78 is 27.9. The molecule has 1 atom stereocenters. The van der Waals surface area contributed by atoms with E-state index in [-0.39, 0.29) is 24.1 Å². The number of ether oxygens (including phenoxy) is 1. The Balaban J connectivity index is 2.66. The standard InChI is InChI=1S/C10H19NO4S/c1-8-7-16(13,14)6-5-11(8)9(12)15-10(2,3)4/h8H,5-7H2,1-4H3/t8-/m0/s1. The number of amides is 1. The van der Waals surface area contributed by atoms with E-state index in [0.29, 0.717) is 0 Å². The normalized spacial score (nSPS) is 25.2. The number of rotatable bonds is 0. The van der Waals surface area contributed by atoms with E-state index < -0.39 is 21.5 Å². The van der Waals surface area contributed by atoms with E-state index in [4.69, 9.17) is 4.74 Å². The average Bonchev–Trinajstić information content (AvgIpc) is 1.97. The van der Waals surface area contributed by atoms with Gasteiger partial charge in [0, 0.05) is 12.6 Å². The van der Waals surface area contributed by atoms with E-state index in [9.17, 15) is 13.2 Å². The third kappa shape index (κ3) is 3.66. The van der Waals surface area contributed by atoms with Crippen LogP contribution in [0.5, 0.6) is 0 Å². The Morgan fingerprint density at radius 1 is 1.38 bits per heavy atom. The summed E-state index contributed by atoms with van der Waals surface area (Å²) in [6, 6.07) is -0.311. The highest BCUT2D eigenvalue weighted by Gasteiger charge is 2.33. The Morgan fingerprint density at radius 3 is 2.38 bits per heavy atom. The molecule has 1 heterocycles. The van der Waals surface area contributed by atoms with Gasteiger partial charge < -0.3 is 9.64 Å². The Bertz CT molecular complexity index is 369. The van der Waals surface area contributed by atoms with Crippen molar-refractivity contribution in [2.24, 2.45) is 0 Å². The Labute approximate surface area is 96.7 Å². The van der Waals surface area contributed by atoms with Crippen LogP contribution in [0, 0.1) is 0 Å². The van der Waals surface area contributed by atoms with Gasteiger partial charge in [-0.2, -0.15) is 0 Å². The lowest BCUT2D eigenvalue weighted by Gasteiger charge is -2.34. The molecular weight excluding hydrogens is 230 g/mol. The third-order valence-corrected chi connectivity index (χ3v) is 4.09. The van der Waals surface area contributed by atoms with Crippen molar-refractivity contribution in [3.8, 4) is 0 Å². The van der Waals surface area contributed by atoms with Crippen molar-refractivity contribution in [2.45, 2.75) is 39.3 Å². The highest BCUT2D eigenvalue weighted by atomic mass is 32.2. The monoisotopic (exact) mass is 249 g/mol.